The van der Waals surface area contributed by atoms with Crippen molar-refractivity contribution in [1.29, 1.82) is 0 Å². The second-order valence-electron chi connectivity index (χ2n) is 4.86. The molecule has 1 saturated carbocycles. The Morgan fingerprint density at radius 1 is 1.35 bits per heavy atom. The molecular formula is C13H20Cl2N2. The summed E-state index contributed by atoms with van der Waals surface area (Å²) in [7, 11) is 0. The predicted molar refractivity (Wildman–Crippen MR) is 73.0 cm³/mol. The Hall–Kier alpha value is -0.210. The first-order chi connectivity index (χ1) is 8.24. The lowest BCUT2D eigenvalue weighted by Crippen LogP contribution is -2.17. The summed E-state index contributed by atoms with van der Waals surface area (Å²) in [6.07, 6.45) is 8.86. The number of hydrogen-bond donors (Lipinski definition) is 0. The molecule has 1 fully saturated rings. The molecule has 2 nitrogen and oxygen atoms in total. The lowest BCUT2D eigenvalue weighted by atomic mass is 9.96. The lowest BCUT2D eigenvalue weighted by molar-refractivity contribution is 0.504. The van der Waals surface area contributed by atoms with E-state index in [1.807, 2.05) is 4.68 Å². The van der Waals surface area contributed by atoms with E-state index in [-0.39, 0.29) is 5.38 Å². The fourth-order valence-corrected chi connectivity index (χ4v) is 3.38. The maximum atomic E-state index is 6.52. The van der Waals surface area contributed by atoms with Crippen LogP contribution in [0.25, 0.3) is 0 Å². The van der Waals surface area contributed by atoms with Gasteiger partial charge >= 0.3 is 0 Å². The summed E-state index contributed by atoms with van der Waals surface area (Å²) in [5, 5.41) is 5.37. The van der Waals surface area contributed by atoms with Gasteiger partial charge in [0.1, 0.15) is 0 Å². The Morgan fingerprint density at radius 3 is 2.88 bits per heavy atom. The van der Waals surface area contributed by atoms with E-state index in [9.17, 15) is 0 Å². The minimum atomic E-state index is 0.210. The quantitative estimate of drug-likeness (QED) is 0.582. The van der Waals surface area contributed by atoms with Crippen LogP contribution in [0.4, 0.5) is 0 Å². The smallest absolute Gasteiger partial charge is 0.0821 e. The summed E-state index contributed by atoms with van der Waals surface area (Å²) in [5.74, 6) is 0.376. The molecular weight excluding hydrogens is 255 g/mol. The number of aromatic nitrogens is 2. The van der Waals surface area contributed by atoms with E-state index < -0.39 is 0 Å². The van der Waals surface area contributed by atoms with E-state index >= 15 is 0 Å². The van der Waals surface area contributed by atoms with Crippen molar-refractivity contribution in [2.24, 2.45) is 0 Å². The van der Waals surface area contributed by atoms with Gasteiger partial charge < -0.3 is 0 Å². The Labute approximate surface area is 113 Å². The molecule has 2 rings (SSSR count). The average Bonchev–Trinajstić information content (AvgIpc) is 2.53. The predicted octanol–water partition coefficient (Wildman–Crippen LogP) is 4.60. The van der Waals surface area contributed by atoms with Gasteiger partial charge in [0.2, 0.25) is 0 Å². The Kier molecular flexibility index (Phi) is 4.75. The van der Waals surface area contributed by atoms with Crippen molar-refractivity contribution in [2.45, 2.75) is 63.3 Å². The monoisotopic (exact) mass is 274 g/mol. The third-order valence-electron chi connectivity index (χ3n) is 3.55. The molecule has 1 heterocycles. The van der Waals surface area contributed by atoms with E-state index in [1.54, 1.807) is 6.20 Å². The normalized spacial score (nSPS) is 25.8. The van der Waals surface area contributed by atoms with Gasteiger partial charge in [0.05, 0.1) is 16.9 Å². The summed E-state index contributed by atoms with van der Waals surface area (Å²) in [4.78, 5) is 0. The number of halogens is 2. The standard InChI is InChI=1S/C13H20Cl2N2/c1-2-8-17-13(12(15)9-16-17)10-6-4-3-5-7-11(10)14/h9-11H,2-8H2,1H3. The molecule has 0 bridgehead atoms. The molecule has 1 aromatic rings. The molecule has 0 saturated heterocycles. The fraction of sp³-hybridized carbons (Fsp3) is 0.769. The van der Waals surface area contributed by atoms with Crippen LogP contribution in [0.15, 0.2) is 6.20 Å². The maximum Gasteiger partial charge on any atom is 0.0821 e. The Bertz CT molecular complexity index is 362. The second kappa shape index (κ2) is 6.10. The Morgan fingerprint density at radius 2 is 2.12 bits per heavy atom. The minimum Gasteiger partial charge on any atom is -0.268 e. The first kappa shape index (κ1) is 13.2. The van der Waals surface area contributed by atoms with Crippen molar-refractivity contribution in [3.63, 3.8) is 0 Å². The van der Waals surface area contributed by atoms with E-state index in [4.69, 9.17) is 23.2 Å². The van der Waals surface area contributed by atoms with Gasteiger partial charge in [-0.25, -0.2) is 0 Å². The van der Waals surface area contributed by atoms with Crippen LogP contribution in [0.2, 0.25) is 5.02 Å². The van der Waals surface area contributed by atoms with Gasteiger partial charge in [-0.2, -0.15) is 5.10 Å². The first-order valence-electron chi connectivity index (χ1n) is 6.59. The van der Waals surface area contributed by atoms with E-state index in [0.717, 1.165) is 36.5 Å². The number of nitrogens with zero attached hydrogens (tertiary/aromatic N) is 2. The number of hydrogen-bond acceptors (Lipinski definition) is 1. The summed E-state index contributed by atoms with van der Waals surface area (Å²) < 4.78 is 2.05. The van der Waals surface area contributed by atoms with Crippen LogP contribution >= 0.6 is 23.2 Å². The molecule has 0 aromatic carbocycles. The van der Waals surface area contributed by atoms with Crippen LogP contribution in [0.5, 0.6) is 0 Å². The molecule has 2 unspecified atom stereocenters. The van der Waals surface area contributed by atoms with Crippen LogP contribution in [0.3, 0.4) is 0 Å². The van der Waals surface area contributed by atoms with Crippen molar-refractivity contribution in [3.05, 3.63) is 16.9 Å². The highest BCUT2D eigenvalue weighted by molar-refractivity contribution is 6.31. The number of rotatable bonds is 3. The van der Waals surface area contributed by atoms with E-state index in [0.29, 0.717) is 5.92 Å². The zero-order valence-electron chi connectivity index (χ0n) is 10.3. The first-order valence-corrected chi connectivity index (χ1v) is 7.40. The van der Waals surface area contributed by atoms with Crippen molar-refractivity contribution in [2.75, 3.05) is 0 Å². The fourth-order valence-electron chi connectivity index (χ4n) is 2.70. The van der Waals surface area contributed by atoms with Crippen molar-refractivity contribution >= 4 is 23.2 Å². The third kappa shape index (κ3) is 2.97. The van der Waals surface area contributed by atoms with Gasteiger partial charge in [0, 0.05) is 17.8 Å². The minimum absolute atomic E-state index is 0.210. The highest BCUT2D eigenvalue weighted by Gasteiger charge is 2.28. The maximum absolute atomic E-state index is 6.52. The van der Waals surface area contributed by atoms with Gasteiger partial charge in [-0.3, -0.25) is 4.68 Å². The molecule has 0 aliphatic heterocycles. The third-order valence-corrected chi connectivity index (χ3v) is 4.37. The van der Waals surface area contributed by atoms with Crippen LogP contribution in [-0.2, 0) is 6.54 Å². The van der Waals surface area contributed by atoms with E-state index in [1.165, 1.54) is 19.3 Å². The molecule has 17 heavy (non-hydrogen) atoms. The molecule has 4 heteroatoms. The van der Waals surface area contributed by atoms with Crippen molar-refractivity contribution in [1.82, 2.24) is 9.78 Å². The largest absolute Gasteiger partial charge is 0.268 e. The highest BCUT2D eigenvalue weighted by Crippen LogP contribution is 2.38. The molecule has 2 atom stereocenters. The zero-order chi connectivity index (χ0) is 12.3. The number of aryl methyl sites for hydroxylation is 1. The summed E-state index contributed by atoms with van der Waals surface area (Å²) >= 11 is 12.8. The van der Waals surface area contributed by atoms with Crippen molar-refractivity contribution < 1.29 is 0 Å². The SMILES string of the molecule is CCCn1ncc(Cl)c1C1CCCCCC1Cl. The van der Waals surface area contributed by atoms with Crippen LogP contribution in [-0.4, -0.2) is 15.2 Å². The van der Waals surface area contributed by atoms with Crippen LogP contribution < -0.4 is 0 Å². The average molecular weight is 275 g/mol. The molecule has 0 spiro atoms. The van der Waals surface area contributed by atoms with Crippen molar-refractivity contribution in [3.8, 4) is 0 Å². The van der Waals surface area contributed by atoms with Gasteiger partial charge in [-0.1, -0.05) is 37.8 Å². The van der Waals surface area contributed by atoms with Gasteiger partial charge in [0.15, 0.2) is 0 Å². The molecule has 0 N–H and O–H groups in total. The second-order valence-corrected chi connectivity index (χ2v) is 5.83. The molecule has 0 amide bonds. The zero-order valence-corrected chi connectivity index (χ0v) is 11.8. The Balaban J connectivity index is 2.26. The molecule has 1 aromatic heterocycles. The highest BCUT2D eigenvalue weighted by atomic mass is 35.5. The molecule has 1 aliphatic rings. The topological polar surface area (TPSA) is 17.8 Å². The van der Waals surface area contributed by atoms with Crippen LogP contribution in [0, 0.1) is 0 Å². The van der Waals surface area contributed by atoms with Gasteiger partial charge in [0.25, 0.3) is 0 Å². The van der Waals surface area contributed by atoms with Crippen LogP contribution in [0.1, 0.15) is 57.1 Å². The summed E-state index contributed by atoms with van der Waals surface area (Å²) in [6.45, 7) is 3.09. The molecule has 0 radical (unpaired) electrons. The summed E-state index contributed by atoms with van der Waals surface area (Å²) in [5.41, 5.74) is 1.16. The lowest BCUT2D eigenvalue weighted by Gasteiger charge is -2.21. The van der Waals surface area contributed by atoms with E-state index in [2.05, 4.69) is 12.0 Å². The number of alkyl halides is 1. The molecule has 1 aliphatic carbocycles. The molecule has 96 valence electrons. The summed E-state index contributed by atoms with van der Waals surface area (Å²) in [6, 6.07) is 0. The van der Waals surface area contributed by atoms with Gasteiger partial charge in [-0.15, -0.1) is 11.6 Å². The van der Waals surface area contributed by atoms with Gasteiger partial charge in [-0.05, 0) is 19.3 Å².